The lowest BCUT2D eigenvalue weighted by molar-refractivity contribution is 0.0971. The van der Waals surface area contributed by atoms with Gasteiger partial charge in [0.05, 0.1) is 11.9 Å². The summed E-state index contributed by atoms with van der Waals surface area (Å²) in [6.45, 7) is 1.74. The standard InChI is InChI=1S/C18H30ClN7O/c19-15-11-23-16(17(26-15)18(27)24-12-25-21)13-7-5-3-1-2-4-6-8-22-10-14(20)9-13/h11-14,22H,1-10,20-21H2,(H,24,25,27). The lowest BCUT2D eigenvalue weighted by Crippen LogP contribution is -2.36. The SMILES string of the molecule is NN=CNC(=O)c1nc(Cl)cnc1C1CCCCCCCCNCC(N)C1. The first-order chi connectivity index (χ1) is 13.1. The molecule has 1 aliphatic rings. The van der Waals surface area contributed by atoms with Crippen LogP contribution < -0.4 is 22.2 Å². The summed E-state index contributed by atoms with van der Waals surface area (Å²) in [5.74, 6) is 4.68. The zero-order valence-corrected chi connectivity index (χ0v) is 16.4. The van der Waals surface area contributed by atoms with Gasteiger partial charge in [-0.05, 0) is 25.8 Å². The van der Waals surface area contributed by atoms with Crippen LogP contribution >= 0.6 is 11.6 Å². The number of amides is 1. The van der Waals surface area contributed by atoms with Crippen molar-refractivity contribution in [2.75, 3.05) is 13.1 Å². The van der Waals surface area contributed by atoms with E-state index < -0.39 is 5.91 Å². The second-order valence-corrected chi connectivity index (χ2v) is 7.37. The summed E-state index contributed by atoms with van der Waals surface area (Å²) in [5, 5.41) is 9.37. The molecule has 0 aromatic carbocycles. The normalized spacial score (nSPS) is 23.2. The maximum absolute atomic E-state index is 12.5. The van der Waals surface area contributed by atoms with Crippen molar-refractivity contribution in [2.24, 2.45) is 16.7 Å². The van der Waals surface area contributed by atoms with Crippen LogP contribution in [0.2, 0.25) is 5.15 Å². The fourth-order valence-corrected chi connectivity index (χ4v) is 3.59. The molecular formula is C18H30ClN7O. The van der Waals surface area contributed by atoms with Crippen molar-refractivity contribution in [3.63, 3.8) is 0 Å². The summed E-state index contributed by atoms with van der Waals surface area (Å²) in [6, 6.07) is -0.0188. The maximum Gasteiger partial charge on any atom is 0.276 e. The molecule has 0 radical (unpaired) electrons. The highest BCUT2D eigenvalue weighted by atomic mass is 35.5. The Morgan fingerprint density at radius 3 is 2.81 bits per heavy atom. The molecule has 2 unspecified atom stereocenters. The van der Waals surface area contributed by atoms with Crippen LogP contribution in [0.25, 0.3) is 0 Å². The number of halogens is 1. The fourth-order valence-electron chi connectivity index (χ4n) is 3.46. The summed E-state index contributed by atoms with van der Waals surface area (Å²) in [7, 11) is 0. The van der Waals surface area contributed by atoms with Crippen LogP contribution in [-0.2, 0) is 0 Å². The van der Waals surface area contributed by atoms with Gasteiger partial charge in [-0.15, -0.1) is 0 Å². The van der Waals surface area contributed by atoms with E-state index in [1.165, 1.54) is 38.3 Å². The summed E-state index contributed by atoms with van der Waals surface area (Å²) in [5.41, 5.74) is 7.18. The molecule has 0 spiro atoms. The predicted molar refractivity (Wildman–Crippen MR) is 108 cm³/mol. The van der Waals surface area contributed by atoms with Gasteiger partial charge in [-0.2, -0.15) is 5.10 Å². The third-order valence-corrected chi connectivity index (χ3v) is 4.98. The van der Waals surface area contributed by atoms with Gasteiger partial charge in [0.25, 0.3) is 5.91 Å². The predicted octanol–water partition coefficient (Wildman–Crippen LogP) is 1.90. The number of hydrogen-bond donors (Lipinski definition) is 4. The smallest absolute Gasteiger partial charge is 0.276 e. The summed E-state index contributed by atoms with van der Waals surface area (Å²) in [4.78, 5) is 21.1. The first-order valence-electron chi connectivity index (χ1n) is 9.63. The summed E-state index contributed by atoms with van der Waals surface area (Å²) in [6.07, 6.45) is 11.4. The monoisotopic (exact) mass is 395 g/mol. The Labute approximate surface area is 165 Å². The Bertz CT molecular complexity index is 626. The number of hydrogen-bond acceptors (Lipinski definition) is 7. The van der Waals surface area contributed by atoms with Gasteiger partial charge in [-0.25, -0.2) is 4.98 Å². The van der Waals surface area contributed by atoms with Gasteiger partial charge >= 0.3 is 0 Å². The van der Waals surface area contributed by atoms with E-state index in [-0.39, 0.29) is 22.8 Å². The molecule has 1 aromatic heterocycles. The molecule has 1 amide bonds. The van der Waals surface area contributed by atoms with Crippen molar-refractivity contribution < 1.29 is 4.79 Å². The number of hydrazone groups is 1. The van der Waals surface area contributed by atoms with Gasteiger partial charge in [0, 0.05) is 18.5 Å². The molecular weight excluding hydrogens is 366 g/mol. The number of carbonyl (C=O) groups is 1. The fraction of sp³-hybridized carbons (Fsp3) is 0.667. The molecule has 2 rings (SSSR count). The molecule has 0 aliphatic carbocycles. The van der Waals surface area contributed by atoms with Crippen molar-refractivity contribution in [2.45, 2.75) is 63.3 Å². The lowest BCUT2D eigenvalue weighted by Gasteiger charge is -2.22. The molecule has 0 bridgehead atoms. The van der Waals surface area contributed by atoms with Gasteiger partial charge in [-0.3, -0.25) is 9.78 Å². The van der Waals surface area contributed by atoms with Crippen LogP contribution in [0.5, 0.6) is 0 Å². The molecule has 1 fully saturated rings. The average molecular weight is 396 g/mol. The van der Waals surface area contributed by atoms with E-state index in [0.717, 1.165) is 38.7 Å². The maximum atomic E-state index is 12.5. The minimum atomic E-state index is -0.427. The molecule has 2 atom stereocenters. The van der Waals surface area contributed by atoms with Crippen molar-refractivity contribution in [1.82, 2.24) is 20.6 Å². The van der Waals surface area contributed by atoms with E-state index in [1.807, 2.05) is 0 Å². The molecule has 6 N–H and O–H groups in total. The van der Waals surface area contributed by atoms with E-state index in [4.69, 9.17) is 23.2 Å². The quantitative estimate of drug-likeness (QED) is 0.267. The van der Waals surface area contributed by atoms with Crippen molar-refractivity contribution in [3.8, 4) is 0 Å². The van der Waals surface area contributed by atoms with Crippen molar-refractivity contribution in [1.29, 1.82) is 0 Å². The molecule has 27 heavy (non-hydrogen) atoms. The van der Waals surface area contributed by atoms with E-state index in [0.29, 0.717) is 5.69 Å². The minimum absolute atomic E-state index is 0.0188. The van der Waals surface area contributed by atoms with Crippen LogP contribution in [0.15, 0.2) is 11.3 Å². The van der Waals surface area contributed by atoms with Crippen molar-refractivity contribution >= 4 is 23.8 Å². The van der Waals surface area contributed by atoms with Gasteiger partial charge < -0.3 is 22.2 Å². The van der Waals surface area contributed by atoms with Crippen LogP contribution in [0.1, 0.15) is 73.5 Å². The van der Waals surface area contributed by atoms with E-state index in [1.54, 1.807) is 0 Å². The summed E-state index contributed by atoms with van der Waals surface area (Å²) >= 11 is 5.98. The first kappa shape index (κ1) is 21.5. The number of nitrogens with one attached hydrogen (secondary N) is 2. The van der Waals surface area contributed by atoms with E-state index >= 15 is 0 Å². The molecule has 150 valence electrons. The van der Waals surface area contributed by atoms with Crippen molar-refractivity contribution in [3.05, 3.63) is 22.7 Å². The van der Waals surface area contributed by atoms with E-state index in [2.05, 4.69) is 25.7 Å². The molecule has 1 aromatic rings. The Morgan fingerprint density at radius 1 is 1.30 bits per heavy atom. The Balaban J connectivity index is 2.22. The van der Waals surface area contributed by atoms with E-state index in [9.17, 15) is 4.79 Å². The highest BCUT2D eigenvalue weighted by Gasteiger charge is 2.24. The Kier molecular flexibility index (Phi) is 9.44. The molecule has 8 nitrogen and oxygen atoms in total. The molecule has 1 saturated heterocycles. The molecule has 2 heterocycles. The highest BCUT2D eigenvalue weighted by Crippen LogP contribution is 2.28. The highest BCUT2D eigenvalue weighted by molar-refractivity contribution is 6.29. The average Bonchev–Trinajstić information content (AvgIpc) is 2.68. The topological polar surface area (TPSA) is 131 Å². The zero-order valence-electron chi connectivity index (χ0n) is 15.7. The first-order valence-corrected chi connectivity index (χ1v) is 10.0. The second kappa shape index (κ2) is 11.8. The molecule has 1 aliphatic heterocycles. The molecule has 0 saturated carbocycles. The Morgan fingerprint density at radius 2 is 2.04 bits per heavy atom. The van der Waals surface area contributed by atoms with Gasteiger partial charge in [0.15, 0.2) is 5.69 Å². The zero-order chi connectivity index (χ0) is 19.5. The lowest BCUT2D eigenvalue weighted by atomic mass is 9.89. The summed E-state index contributed by atoms with van der Waals surface area (Å²) < 4.78 is 0. The van der Waals surface area contributed by atoms with Gasteiger partial charge in [0.2, 0.25) is 0 Å². The largest absolute Gasteiger partial charge is 0.327 e. The molecule has 9 heteroatoms. The number of nitrogens with two attached hydrogens (primary N) is 2. The Hall–Kier alpha value is -1.77. The second-order valence-electron chi connectivity index (χ2n) is 6.99. The number of rotatable bonds is 3. The number of carbonyl (C=O) groups excluding carboxylic acids is 1. The van der Waals surface area contributed by atoms with Crippen LogP contribution in [0.4, 0.5) is 0 Å². The van der Waals surface area contributed by atoms with Gasteiger partial charge in [-0.1, -0.05) is 43.7 Å². The number of aromatic nitrogens is 2. The number of nitrogens with zero attached hydrogens (tertiary/aromatic N) is 3. The van der Waals surface area contributed by atoms with Crippen LogP contribution in [0.3, 0.4) is 0 Å². The van der Waals surface area contributed by atoms with Gasteiger partial charge in [0.1, 0.15) is 11.5 Å². The van der Waals surface area contributed by atoms with Crippen LogP contribution in [-0.4, -0.2) is 41.3 Å². The third-order valence-electron chi connectivity index (χ3n) is 4.79. The minimum Gasteiger partial charge on any atom is -0.327 e. The third kappa shape index (κ3) is 7.40. The van der Waals surface area contributed by atoms with Crippen LogP contribution in [0, 0.1) is 0 Å².